The SMILES string of the molecule is Cc1ccc(-n2nc(C)c(NC(=O)Cn3c(-c4cccc(C)c4)n[nH]c3=S)c2C)cc1. The summed E-state index contributed by atoms with van der Waals surface area (Å²) in [6.07, 6.45) is 0. The lowest BCUT2D eigenvalue weighted by molar-refractivity contribution is -0.116. The summed E-state index contributed by atoms with van der Waals surface area (Å²) in [6, 6.07) is 16.0. The van der Waals surface area contributed by atoms with Gasteiger partial charge in [0.05, 0.1) is 22.8 Å². The largest absolute Gasteiger partial charge is 0.321 e. The summed E-state index contributed by atoms with van der Waals surface area (Å²) in [4.78, 5) is 12.9. The number of nitrogens with one attached hydrogen (secondary N) is 2. The van der Waals surface area contributed by atoms with Crippen molar-refractivity contribution in [3.05, 3.63) is 75.8 Å². The molecule has 31 heavy (non-hydrogen) atoms. The molecule has 0 aliphatic carbocycles. The topological polar surface area (TPSA) is 80.5 Å². The molecule has 7 nitrogen and oxygen atoms in total. The number of H-pyrrole nitrogens is 1. The van der Waals surface area contributed by atoms with E-state index in [1.54, 1.807) is 4.57 Å². The Bertz CT molecular complexity index is 1310. The van der Waals surface area contributed by atoms with E-state index in [1.807, 2.05) is 80.9 Å². The van der Waals surface area contributed by atoms with E-state index in [1.165, 1.54) is 5.56 Å². The maximum absolute atomic E-state index is 12.9. The minimum atomic E-state index is -0.193. The number of aromatic amines is 1. The number of aromatic nitrogens is 5. The van der Waals surface area contributed by atoms with Gasteiger partial charge in [0.2, 0.25) is 5.91 Å². The third kappa shape index (κ3) is 4.20. The fourth-order valence-corrected chi connectivity index (χ4v) is 3.75. The predicted octanol–water partition coefficient (Wildman–Crippen LogP) is 4.67. The lowest BCUT2D eigenvalue weighted by Gasteiger charge is -2.10. The van der Waals surface area contributed by atoms with Crippen LogP contribution in [0.25, 0.3) is 17.1 Å². The van der Waals surface area contributed by atoms with Crippen molar-refractivity contribution in [2.24, 2.45) is 0 Å². The fraction of sp³-hybridized carbons (Fsp3) is 0.217. The van der Waals surface area contributed by atoms with Crippen molar-refractivity contribution in [1.82, 2.24) is 24.5 Å². The molecule has 0 fully saturated rings. The summed E-state index contributed by atoms with van der Waals surface area (Å²) in [5.41, 5.74) is 6.46. The molecule has 0 aliphatic heterocycles. The van der Waals surface area contributed by atoms with Crippen LogP contribution in [-0.2, 0) is 11.3 Å². The molecule has 0 unspecified atom stereocenters. The van der Waals surface area contributed by atoms with Gasteiger partial charge >= 0.3 is 0 Å². The zero-order valence-electron chi connectivity index (χ0n) is 17.9. The van der Waals surface area contributed by atoms with E-state index in [0.29, 0.717) is 16.3 Å². The third-order valence-corrected chi connectivity index (χ3v) is 5.48. The molecule has 4 rings (SSSR count). The van der Waals surface area contributed by atoms with E-state index >= 15 is 0 Å². The number of hydrogen-bond donors (Lipinski definition) is 2. The van der Waals surface area contributed by atoms with Gasteiger partial charge in [-0.1, -0.05) is 41.5 Å². The molecule has 2 aromatic heterocycles. The van der Waals surface area contributed by atoms with Crippen LogP contribution in [0.5, 0.6) is 0 Å². The van der Waals surface area contributed by atoms with Gasteiger partial charge in [-0.2, -0.15) is 10.2 Å². The predicted molar refractivity (Wildman–Crippen MR) is 124 cm³/mol. The average molecular weight is 433 g/mol. The smallest absolute Gasteiger partial charge is 0.244 e. The van der Waals surface area contributed by atoms with Gasteiger partial charge in [0.1, 0.15) is 6.54 Å². The Hall–Kier alpha value is -3.52. The van der Waals surface area contributed by atoms with E-state index in [4.69, 9.17) is 12.2 Å². The van der Waals surface area contributed by atoms with Crippen LogP contribution in [0.15, 0.2) is 48.5 Å². The van der Waals surface area contributed by atoms with Gasteiger partial charge in [0, 0.05) is 5.56 Å². The molecule has 8 heteroatoms. The van der Waals surface area contributed by atoms with Crippen molar-refractivity contribution in [1.29, 1.82) is 0 Å². The third-order valence-electron chi connectivity index (χ3n) is 5.17. The van der Waals surface area contributed by atoms with Crippen LogP contribution in [-0.4, -0.2) is 30.5 Å². The minimum Gasteiger partial charge on any atom is -0.321 e. The van der Waals surface area contributed by atoms with Gasteiger partial charge in [-0.15, -0.1) is 0 Å². The Morgan fingerprint density at radius 2 is 1.81 bits per heavy atom. The number of amides is 1. The van der Waals surface area contributed by atoms with Crippen LogP contribution in [0.1, 0.15) is 22.5 Å². The lowest BCUT2D eigenvalue weighted by atomic mass is 10.1. The second kappa shape index (κ2) is 8.31. The highest BCUT2D eigenvalue weighted by atomic mass is 32.1. The molecule has 2 N–H and O–H groups in total. The van der Waals surface area contributed by atoms with Crippen molar-refractivity contribution in [2.45, 2.75) is 34.2 Å². The molecule has 2 heterocycles. The zero-order valence-corrected chi connectivity index (χ0v) is 18.7. The molecule has 4 aromatic rings. The van der Waals surface area contributed by atoms with Crippen molar-refractivity contribution >= 4 is 23.8 Å². The first-order valence-corrected chi connectivity index (χ1v) is 10.4. The Morgan fingerprint density at radius 1 is 1.06 bits per heavy atom. The zero-order chi connectivity index (χ0) is 22.1. The quantitative estimate of drug-likeness (QED) is 0.449. The Balaban J connectivity index is 1.59. The van der Waals surface area contributed by atoms with Crippen LogP contribution in [0.3, 0.4) is 0 Å². The van der Waals surface area contributed by atoms with Gasteiger partial charge in [-0.05, 0) is 58.1 Å². The Kier molecular flexibility index (Phi) is 5.56. The maximum Gasteiger partial charge on any atom is 0.244 e. The molecule has 0 aliphatic rings. The fourth-order valence-electron chi connectivity index (χ4n) is 3.55. The van der Waals surface area contributed by atoms with Crippen molar-refractivity contribution in [2.75, 3.05) is 5.32 Å². The number of benzene rings is 2. The Labute approximate surface area is 185 Å². The molecule has 0 bridgehead atoms. The highest BCUT2D eigenvalue weighted by Gasteiger charge is 2.17. The first-order chi connectivity index (χ1) is 14.8. The summed E-state index contributed by atoms with van der Waals surface area (Å²) in [6.45, 7) is 7.93. The van der Waals surface area contributed by atoms with E-state index in [9.17, 15) is 4.79 Å². The average Bonchev–Trinajstić information content (AvgIpc) is 3.23. The molecular formula is C23H24N6OS. The molecule has 2 aromatic carbocycles. The highest BCUT2D eigenvalue weighted by molar-refractivity contribution is 7.71. The summed E-state index contributed by atoms with van der Waals surface area (Å²) >= 11 is 5.37. The minimum absolute atomic E-state index is 0.0488. The molecule has 1 amide bonds. The number of carbonyl (C=O) groups is 1. The van der Waals surface area contributed by atoms with E-state index in [-0.39, 0.29) is 12.5 Å². The van der Waals surface area contributed by atoms with Crippen LogP contribution in [0.2, 0.25) is 0 Å². The highest BCUT2D eigenvalue weighted by Crippen LogP contribution is 2.24. The molecule has 0 saturated carbocycles. The molecule has 0 saturated heterocycles. The van der Waals surface area contributed by atoms with Gasteiger partial charge < -0.3 is 5.32 Å². The van der Waals surface area contributed by atoms with Crippen molar-refractivity contribution in [3.8, 4) is 17.1 Å². The number of rotatable bonds is 5. The van der Waals surface area contributed by atoms with Crippen LogP contribution in [0.4, 0.5) is 5.69 Å². The van der Waals surface area contributed by atoms with E-state index in [0.717, 1.165) is 28.2 Å². The number of nitrogens with zero attached hydrogens (tertiary/aromatic N) is 4. The normalized spacial score (nSPS) is 11.0. The molecule has 0 atom stereocenters. The van der Waals surface area contributed by atoms with Gasteiger partial charge in [0.15, 0.2) is 10.6 Å². The van der Waals surface area contributed by atoms with E-state index < -0.39 is 0 Å². The summed E-state index contributed by atoms with van der Waals surface area (Å²) in [5, 5.41) is 14.7. The summed E-state index contributed by atoms with van der Waals surface area (Å²) < 4.78 is 3.94. The maximum atomic E-state index is 12.9. The monoisotopic (exact) mass is 432 g/mol. The number of carbonyl (C=O) groups excluding carboxylic acids is 1. The van der Waals surface area contributed by atoms with E-state index in [2.05, 4.69) is 20.6 Å². The molecule has 158 valence electrons. The Morgan fingerprint density at radius 3 is 2.52 bits per heavy atom. The standard InChI is InChI=1S/C23H24N6OS/c1-14-8-10-19(11-9-14)29-17(4)21(16(3)27-29)24-20(30)13-28-22(25-26-23(28)31)18-7-5-6-15(2)12-18/h5-12H,13H2,1-4H3,(H,24,30)(H,26,31). The van der Waals surface area contributed by atoms with Gasteiger partial charge in [0.25, 0.3) is 0 Å². The summed E-state index contributed by atoms with van der Waals surface area (Å²) in [7, 11) is 0. The van der Waals surface area contributed by atoms with Gasteiger partial charge in [-0.3, -0.25) is 14.5 Å². The van der Waals surface area contributed by atoms with Crippen LogP contribution >= 0.6 is 12.2 Å². The first-order valence-electron chi connectivity index (χ1n) is 9.99. The van der Waals surface area contributed by atoms with Gasteiger partial charge in [-0.25, -0.2) is 4.68 Å². The molecular weight excluding hydrogens is 408 g/mol. The van der Waals surface area contributed by atoms with Crippen LogP contribution in [0, 0.1) is 32.5 Å². The molecule has 0 radical (unpaired) electrons. The number of hydrogen-bond acceptors (Lipinski definition) is 4. The first kappa shape index (κ1) is 20.7. The molecule has 0 spiro atoms. The second-order valence-electron chi connectivity index (χ2n) is 7.65. The van der Waals surface area contributed by atoms with Crippen molar-refractivity contribution in [3.63, 3.8) is 0 Å². The summed E-state index contributed by atoms with van der Waals surface area (Å²) in [5.74, 6) is 0.439. The number of aryl methyl sites for hydroxylation is 3. The van der Waals surface area contributed by atoms with Crippen LogP contribution < -0.4 is 5.32 Å². The second-order valence-corrected chi connectivity index (χ2v) is 8.04. The van der Waals surface area contributed by atoms with Crippen molar-refractivity contribution < 1.29 is 4.79 Å². The lowest BCUT2D eigenvalue weighted by Crippen LogP contribution is -2.20. The number of anilines is 1.